The highest BCUT2D eigenvalue weighted by Crippen LogP contribution is 2.22. The predicted octanol–water partition coefficient (Wildman–Crippen LogP) is 4.81. The first-order valence-corrected chi connectivity index (χ1v) is 10.1. The number of hydrogen-bond acceptors (Lipinski definition) is 4. The second kappa shape index (κ2) is 9.65. The summed E-state index contributed by atoms with van der Waals surface area (Å²) >= 11 is 0. The summed E-state index contributed by atoms with van der Waals surface area (Å²) in [5.74, 6) is -1.54. The van der Waals surface area contributed by atoms with Crippen molar-refractivity contribution in [1.29, 1.82) is 0 Å². The molecule has 0 aromatic heterocycles. The van der Waals surface area contributed by atoms with Crippen LogP contribution in [0.25, 0.3) is 10.8 Å². The van der Waals surface area contributed by atoms with Gasteiger partial charge in [-0.25, -0.2) is 4.79 Å². The molecule has 0 saturated heterocycles. The van der Waals surface area contributed by atoms with Crippen LogP contribution in [0, 0.1) is 0 Å². The van der Waals surface area contributed by atoms with E-state index in [1.54, 1.807) is 54.6 Å². The fourth-order valence-electron chi connectivity index (χ4n) is 3.32. The van der Waals surface area contributed by atoms with Gasteiger partial charge in [0.2, 0.25) is 0 Å². The molecule has 0 spiro atoms. The number of amides is 2. The molecule has 0 aliphatic carbocycles. The number of ether oxygens (including phenoxy) is 1. The highest BCUT2D eigenvalue weighted by molar-refractivity contribution is 6.13. The molecule has 0 radical (unpaired) electrons. The Labute approximate surface area is 189 Å². The van der Waals surface area contributed by atoms with Gasteiger partial charge in [0, 0.05) is 17.3 Å². The number of rotatable bonds is 7. The van der Waals surface area contributed by atoms with Crippen molar-refractivity contribution in [3.05, 3.63) is 102 Å². The summed E-state index contributed by atoms with van der Waals surface area (Å²) in [7, 11) is 0. The zero-order valence-electron chi connectivity index (χ0n) is 17.4. The summed E-state index contributed by atoms with van der Waals surface area (Å²) in [6, 6.07) is 26.3. The second-order valence-electron chi connectivity index (χ2n) is 7.23. The summed E-state index contributed by atoms with van der Waals surface area (Å²) in [5.41, 5.74) is 1.56. The minimum absolute atomic E-state index is 0.281. The van der Waals surface area contributed by atoms with Crippen LogP contribution in [-0.4, -0.2) is 29.5 Å². The number of anilines is 2. The molecule has 0 bridgehead atoms. The van der Waals surface area contributed by atoms with Crippen LogP contribution >= 0.6 is 0 Å². The van der Waals surface area contributed by atoms with Gasteiger partial charge in [-0.1, -0.05) is 48.5 Å². The molecule has 0 atom stereocenters. The molecule has 4 aromatic carbocycles. The Hall–Kier alpha value is -4.65. The van der Waals surface area contributed by atoms with Crippen molar-refractivity contribution in [3.63, 3.8) is 0 Å². The molecule has 0 fully saturated rings. The minimum atomic E-state index is -1.10. The quantitative estimate of drug-likeness (QED) is 0.383. The highest BCUT2D eigenvalue weighted by atomic mass is 16.5. The third kappa shape index (κ3) is 5.34. The van der Waals surface area contributed by atoms with Crippen LogP contribution in [0.2, 0.25) is 0 Å². The van der Waals surface area contributed by atoms with E-state index in [0.29, 0.717) is 22.7 Å². The maximum atomic E-state index is 12.9. The molecule has 0 heterocycles. The van der Waals surface area contributed by atoms with Crippen molar-refractivity contribution in [3.8, 4) is 5.75 Å². The molecule has 0 unspecified atom stereocenters. The van der Waals surface area contributed by atoms with Crippen LogP contribution in [0.1, 0.15) is 20.7 Å². The smallest absolute Gasteiger partial charge is 0.341 e. The van der Waals surface area contributed by atoms with E-state index in [1.807, 2.05) is 30.3 Å². The first kappa shape index (κ1) is 21.6. The number of carbonyl (C=O) groups excluding carboxylic acids is 2. The van der Waals surface area contributed by atoms with Crippen LogP contribution in [0.4, 0.5) is 11.4 Å². The number of carbonyl (C=O) groups is 3. The summed E-state index contributed by atoms with van der Waals surface area (Å²) < 4.78 is 5.14. The Bertz CT molecular complexity index is 1350. The fraction of sp³-hybridized carbons (Fsp3) is 0.0385. The fourth-order valence-corrected chi connectivity index (χ4v) is 3.32. The molecule has 3 N–H and O–H groups in total. The van der Waals surface area contributed by atoms with E-state index in [4.69, 9.17) is 9.84 Å². The number of fused-ring (bicyclic) bond motifs is 1. The van der Waals surface area contributed by atoms with E-state index in [2.05, 4.69) is 10.6 Å². The van der Waals surface area contributed by atoms with Gasteiger partial charge in [0.15, 0.2) is 6.61 Å². The number of para-hydroxylation sites is 1. The van der Waals surface area contributed by atoms with Crippen LogP contribution in [0.15, 0.2) is 91.0 Å². The zero-order valence-corrected chi connectivity index (χ0v) is 17.4. The molecule has 7 heteroatoms. The number of aliphatic carboxylic acids is 1. The average Bonchev–Trinajstić information content (AvgIpc) is 2.83. The summed E-state index contributed by atoms with van der Waals surface area (Å²) in [4.78, 5) is 36.4. The third-order valence-electron chi connectivity index (χ3n) is 4.89. The van der Waals surface area contributed by atoms with E-state index >= 15 is 0 Å². The lowest BCUT2D eigenvalue weighted by atomic mass is 10.1. The van der Waals surface area contributed by atoms with Crippen molar-refractivity contribution in [1.82, 2.24) is 0 Å². The van der Waals surface area contributed by atoms with Gasteiger partial charge in [-0.05, 0) is 47.2 Å². The Morgan fingerprint density at radius 2 is 1.48 bits per heavy atom. The molecular weight excluding hydrogens is 420 g/mol. The van der Waals surface area contributed by atoms with Gasteiger partial charge in [0.1, 0.15) is 5.75 Å². The van der Waals surface area contributed by atoms with Crippen LogP contribution < -0.4 is 15.4 Å². The molecule has 0 saturated carbocycles. The van der Waals surface area contributed by atoms with Crippen LogP contribution in [0.3, 0.4) is 0 Å². The van der Waals surface area contributed by atoms with Gasteiger partial charge >= 0.3 is 5.97 Å². The normalized spacial score (nSPS) is 10.4. The Kier molecular flexibility index (Phi) is 6.31. The predicted molar refractivity (Wildman–Crippen MR) is 126 cm³/mol. The lowest BCUT2D eigenvalue weighted by Crippen LogP contribution is -2.18. The highest BCUT2D eigenvalue weighted by Gasteiger charge is 2.15. The topological polar surface area (TPSA) is 105 Å². The molecule has 0 aliphatic heterocycles. The van der Waals surface area contributed by atoms with E-state index in [9.17, 15) is 14.4 Å². The standard InChI is InChI=1S/C26H20N2O5/c29-24(30)16-33-21-9-5-8-20(15-21)27-26(32)22-10-3-4-11-23(22)28-25(31)19-13-12-17-6-1-2-7-18(17)14-19/h1-15H,16H2,(H,27,32)(H,28,31)(H,29,30). The van der Waals surface area contributed by atoms with E-state index in [1.165, 1.54) is 6.07 Å². The van der Waals surface area contributed by atoms with E-state index < -0.39 is 18.5 Å². The Balaban J connectivity index is 1.51. The van der Waals surface area contributed by atoms with Gasteiger partial charge in [-0.15, -0.1) is 0 Å². The largest absolute Gasteiger partial charge is 0.482 e. The molecule has 33 heavy (non-hydrogen) atoms. The summed E-state index contributed by atoms with van der Waals surface area (Å²) in [5, 5.41) is 16.3. The second-order valence-corrected chi connectivity index (χ2v) is 7.23. The molecule has 0 aliphatic rings. The Morgan fingerprint density at radius 1 is 0.727 bits per heavy atom. The lowest BCUT2D eigenvalue weighted by Gasteiger charge is -2.12. The van der Waals surface area contributed by atoms with Gasteiger partial charge in [-0.2, -0.15) is 0 Å². The van der Waals surface area contributed by atoms with Crippen molar-refractivity contribution >= 4 is 39.9 Å². The van der Waals surface area contributed by atoms with Crippen molar-refractivity contribution in [2.24, 2.45) is 0 Å². The lowest BCUT2D eigenvalue weighted by molar-refractivity contribution is -0.139. The average molecular weight is 440 g/mol. The first-order valence-electron chi connectivity index (χ1n) is 10.1. The number of benzene rings is 4. The van der Waals surface area contributed by atoms with Gasteiger partial charge in [-0.3, -0.25) is 9.59 Å². The maximum absolute atomic E-state index is 12.9. The Morgan fingerprint density at radius 3 is 2.30 bits per heavy atom. The van der Waals surface area contributed by atoms with Gasteiger partial charge in [0.25, 0.3) is 11.8 Å². The molecular formula is C26H20N2O5. The van der Waals surface area contributed by atoms with Crippen molar-refractivity contribution in [2.45, 2.75) is 0 Å². The molecule has 4 aromatic rings. The molecule has 2 amide bonds. The third-order valence-corrected chi connectivity index (χ3v) is 4.89. The monoisotopic (exact) mass is 440 g/mol. The minimum Gasteiger partial charge on any atom is -0.482 e. The van der Waals surface area contributed by atoms with Crippen molar-refractivity contribution in [2.75, 3.05) is 17.2 Å². The summed E-state index contributed by atoms with van der Waals surface area (Å²) in [6.45, 7) is -0.485. The number of carboxylic acids is 1. The number of hydrogen-bond donors (Lipinski definition) is 3. The van der Waals surface area contributed by atoms with Gasteiger partial charge < -0.3 is 20.5 Å². The number of nitrogens with one attached hydrogen (secondary N) is 2. The first-order chi connectivity index (χ1) is 16.0. The number of carboxylic acid groups (broad SMARTS) is 1. The molecule has 7 nitrogen and oxygen atoms in total. The van der Waals surface area contributed by atoms with E-state index in [0.717, 1.165) is 10.8 Å². The van der Waals surface area contributed by atoms with Crippen LogP contribution in [0.5, 0.6) is 5.75 Å². The van der Waals surface area contributed by atoms with Crippen molar-refractivity contribution < 1.29 is 24.2 Å². The van der Waals surface area contributed by atoms with Gasteiger partial charge in [0.05, 0.1) is 11.3 Å². The van der Waals surface area contributed by atoms with Crippen LogP contribution in [-0.2, 0) is 4.79 Å². The summed E-state index contributed by atoms with van der Waals surface area (Å²) in [6.07, 6.45) is 0. The molecule has 164 valence electrons. The van der Waals surface area contributed by atoms with E-state index in [-0.39, 0.29) is 11.5 Å². The zero-order chi connectivity index (χ0) is 23.2. The maximum Gasteiger partial charge on any atom is 0.341 e. The molecule has 4 rings (SSSR count). The SMILES string of the molecule is O=C(O)COc1cccc(NC(=O)c2ccccc2NC(=O)c2ccc3ccccc3c2)c1.